The molecule has 0 aliphatic carbocycles. The van der Waals surface area contributed by atoms with E-state index in [0.29, 0.717) is 6.61 Å². The second kappa shape index (κ2) is 20.8. The predicted molar refractivity (Wildman–Crippen MR) is 55.4 cm³/mol. The standard InChI is InChI=1S/C5H8O2.C3H4O2.Na.H2O3S/c1-3-5(6)7-4-2;1-2-3(4)5;;1-4(2)3/h3H,1,4H2,2H3;2H,1H2,(H,4,5);;(H2,1,2,3)/q;;+1;/p-1. The topological polar surface area (TPSA) is 124 Å². The fourth-order valence-corrected chi connectivity index (χ4v) is 0.201. The Labute approximate surface area is 124 Å². The minimum Gasteiger partial charge on any atom is -0.545 e. The molecule has 0 aliphatic heterocycles. The van der Waals surface area contributed by atoms with E-state index in [2.05, 4.69) is 17.9 Å². The van der Waals surface area contributed by atoms with Crippen LogP contribution in [-0.4, -0.2) is 31.9 Å². The van der Waals surface area contributed by atoms with Gasteiger partial charge in [-0.1, -0.05) is 13.2 Å². The first-order valence-electron chi connectivity index (χ1n) is 3.74. The Hall–Kier alpha value is -0.510. The van der Waals surface area contributed by atoms with Crippen molar-refractivity contribution in [1.29, 1.82) is 0 Å². The van der Waals surface area contributed by atoms with Crippen LogP contribution in [0.15, 0.2) is 25.3 Å². The van der Waals surface area contributed by atoms with E-state index in [1.54, 1.807) is 6.92 Å². The van der Waals surface area contributed by atoms with Crippen molar-refractivity contribution in [2.24, 2.45) is 0 Å². The molecule has 0 aromatic rings. The van der Waals surface area contributed by atoms with Crippen LogP contribution < -0.4 is 34.7 Å². The third kappa shape index (κ3) is 66.9. The Balaban J connectivity index is -0.0000000757. The molecule has 0 rings (SSSR count). The van der Waals surface area contributed by atoms with E-state index in [1.165, 1.54) is 0 Å². The van der Waals surface area contributed by atoms with Crippen molar-refractivity contribution in [3.8, 4) is 0 Å². The Bertz CT molecular complexity index is 250. The molecule has 0 saturated carbocycles. The second-order valence-corrected chi connectivity index (χ2v) is 2.17. The number of ether oxygens (including phenoxy) is 1. The van der Waals surface area contributed by atoms with Crippen LogP contribution in [0.4, 0.5) is 0 Å². The van der Waals surface area contributed by atoms with Crippen LogP contribution in [0.2, 0.25) is 0 Å². The maximum Gasteiger partial charge on any atom is 1.00 e. The largest absolute Gasteiger partial charge is 1.00 e. The van der Waals surface area contributed by atoms with Gasteiger partial charge >= 0.3 is 35.5 Å². The summed E-state index contributed by atoms with van der Waals surface area (Å²) in [6.45, 7) is 8.28. The fraction of sp³-hybridized carbons (Fsp3) is 0.250. The summed E-state index contributed by atoms with van der Waals surface area (Å²) in [6, 6.07) is 0. The summed E-state index contributed by atoms with van der Waals surface area (Å²) >= 11 is -2.61. The monoisotopic (exact) mass is 276 g/mol. The third-order valence-corrected chi connectivity index (χ3v) is 0.620. The molecule has 9 heteroatoms. The summed E-state index contributed by atoms with van der Waals surface area (Å²) in [5.74, 6) is -1.59. The van der Waals surface area contributed by atoms with Crippen molar-refractivity contribution >= 4 is 23.3 Å². The molecule has 0 aliphatic rings. The minimum atomic E-state index is -2.61. The fourth-order valence-electron chi connectivity index (χ4n) is 0.201. The van der Waals surface area contributed by atoms with Gasteiger partial charge in [0.2, 0.25) is 0 Å². The van der Waals surface area contributed by atoms with Crippen LogP contribution >= 0.6 is 0 Å². The number of carbonyl (C=O) groups excluding carboxylic acids is 2. The molecule has 0 aromatic carbocycles. The van der Waals surface area contributed by atoms with Gasteiger partial charge in [-0.2, -0.15) is 4.21 Å². The summed E-state index contributed by atoms with van der Waals surface area (Å²) < 4.78 is 27.3. The van der Waals surface area contributed by atoms with Crippen molar-refractivity contribution in [3.05, 3.63) is 25.3 Å². The molecule has 0 heterocycles. The molecule has 0 bridgehead atoms. The molecule has 0 fully saturated rings. The van der Waals surface area contributed by atoms with Crippen LogP contribution in [0.5, 0.6) is 0 Å². The van der Waals surface area contributed by atoms with Gasteiger partial charge in [0.1, 0.15) is 0 Å². The molecular weight excluding hydrogens is 263 g/mol. The number of hydrogen-bond donors (Lipinski definition) is 2. The van der Waals surface area contributed by atoms with E-state index < -0.39 is 17.3 Å². The molecule has 7 nitrogen and oxygen atoms in total. The summed E-state index contributed by atoms with van der Waals surface area (Å²) in [5.41, 5.74) is 0. The van der Waals surface area contributed by atoms with Crippen LogP contribution in [0.3, 0.4) is 0 Å². The van der Waals surface area contributed by atoms with Crippen molar-refractivity contribution in [2.45, 2.75) is 6.92 Å². The molecule has 0 amide bonds. The van der Waals surface area contributed by atoms with E-state index in [-0.39, 0.29) is 35.5 Å². The van der Waals surface area contributed by atoms with Crippen LogP contribution in [0, 0.1) is 0 Å². The first kappa shape index (κ1) is 25.4. The number of hydrogen-bond acceptors (Lipinski definition) is 5. The van der Waals surface area contributed by atoms with Gasteiger partial charge in [-0.25, -0.2) is 4.79 Å². The van der Waals surface area contributed by atoms with Crippen LogP contribution in [0.1, 0.15) is 6.92 Å². The Morgan fingerprint density at radius 1 is 1.35 bits per heavy atom. The zero-order valence-electron chi connectivity index (χ0n) is 9.62. The van der Waals surface area contributed by atoms with Crippen molar-refractivity contribution in [2.75, 3.05) is 6.61 Å². The molecule has 94 valence electrons. The van der Waals surface area contributed by atoms with Crippen LogP contribution in [0.25, 0.3) is 0 Å². The summed E-state index contributed by atoms with van der Waals surface area (Å²) in [7, 11) is 0. The van der Waals surface area contributed by atoms with Crippen molar-refractivity contribution in [3.63, 3.8) is 0 Å². The molecule has 0 aromatic heterocycles. The second-order valence-electron chi connectivity index (χ2n) is 1.71. The average molecular weight is 276 g/mol. The number of aliphatic carboxylic acids is 1. The van der Waals surface area contributed by atoms with Gasteiger partial charge in [0.25, 0.3) is 11.4 Å². The molecule has 0 unspecified atom stereocenters. The normalized spacial score (nSPS) is 7.06. The van der Waals surface area contributed by atoms with E-state index >= 15 is 0 Å². The first-order valence-corrected chi connectivity index (χ1v) is 4.80. The third-order valence-electron chi connectivity index (χ3n) is 0.620. The van der Waals surface area contributed by atoms with E-state index in [9.17, 15) is 4.79 Å². The summed E-state index contributed by atoms with van der Waals surface area (Å²) in [4.78, 5) is 19.2. The number of carbonyl (C=O) groups is 2. The van der Waals surface area contributed by atoms with Gasteiger partial charge in [0.15, 0.2) is 0 Å². The average Bonchev–Trinajstić information content (AvgIpc) is 2.18. The molecular formula is C8H13NaO7S. The van der Waals surface area contributed by atoms with Gasteiger partial charge in [0, 0.05) is 6.08 Å². The minimum absolute atomic E-state index is 0. The predicted octanol–water partition coefficient (Wildman–Crippen LogP) is -3.66. The number of carboxylic acids is 1. The number of rotatable bonds is 3. The van der Waals surface area contributed by atoms with E-state index in [1.807, 2.05) is 0 Å². The molecule has 0 radical (unpaired) electrons. The van der Waals surface area contributed by atoms with Gasteiger partial charge in [-0.05, 0) is 13.0 Å². The summed E-state index contributed by atoms with van der Waals surface area (Å²) in [5, 5.41) is 9.14. The number of carboxylic acid groups (broad SMARTS) is 1. The zero-order valence-corrected chi connectivity index (χ0v) is 12.4. The van der Waals surface area contributed by atoms with E-state index in [0.717, 1.165) is 12.2 Å². The van der Waals surface area contributed by atoms with Gasteiger partial charge in [-0.3, -0.25) is 9.11 Å². The van der Waals surface area contributed by atoms with Crippen molar-refractivity contribution < 1.29 is 62.3 Å². The summed E-state index contributed by atoms with van der Waals surface area (Å²) in [6.07, 6.45) is 1.86. The molecule has 2 N–H and O–H groups in total. The SMILES string of the molecule is C=CC(=O)OCC.C=CC(=O)[O-].O=S(O)O.[Na+]. The molecule has 0 saturated heterocycles. The van der Waals surface area contributed by atoms with Gasteiger partial charge in [0.05, 0.1) is 12.6 Å². The first-order chi connectivity index (χ1) is 7.31. The van der Waals surface area contributed by atoms with Crippen molar-refractivity contribution in [1.82, 2.24) is 0 Å². The maximum atomic E-state index is 10.1. The zero-order chi connectivity index (χ0) is 13.6. The molecule has 0 atom stereocenters. The van der Waals surface area contributed by atoms with Gasteiger partial charge < -0.3 is 14.6 Å². The molecule has 0 spiro atoms. The quantitative estimate of drug-likeness (QED) is 0.236. The maximum absolute atomic E-state index is 10.1. The van der Waals surface area contributed by atoms with E-state index in [4.69, 9.17) is 23.2 Å². The Morgan fingerprint density at radius 3 is 1.71 bits per heavy atom. The van der Waals surface area contributed by atoms with Gasteiger partial charge in [-0.15, -0.1) is 0 Å². The smallest absolute Gasteiger partial charge is 0.545 e. The Morgan fingerprint density at radius 2 is 1.65 bits per heavy atom. The Kier molecular flexibility index (Phi) is 31.1. The molecule has 17 heavy (non-hydrogen) atoms. The van der Waals surface area contributed by atoms with Crippen LogP contribution in [-0.2, 0) is 25.7 Å². The number of esters is 1.